The molecule has 12 heavy (non-hydrogen) atoms. The van der Waals surface area contributed by atoms with Gasteiger partial charge in [0.15, 0.2) is 0 Å². The Bertz CT molecular complexity index is 315. The van der Waals surface area contributed by atoms with Crippen LogP contribution in [0, 0.1) is 13.8 Å². The van der Waals surface area contributed by atoms with Gasteiger partial charge in [0.25, 0.3) is 0 Å². The van der Waals surface area contributed by atoms with Gasteiger partial charge in [0.05, 0.1) is 0 Å². The van der Waals surface area contributed by atoms with Gasteiger partial charge in [-0.3, -0.25) is 4.98 Å². The smallest absolute Gasteiger partial charge is 0.0466 e. The zero-order valence-electron chi connectivity index (χ0n) is 8.02. The largest absolute Gasteiger partial charge is 0.260 e. The van der Waals surface area contributed by atoms with Crippen molar-refractivity contribution in [1.82, 2.24) is 4.98 Å². The second kappa shape index (κ2) is 2.58. The Morgan fingerprint density at radius 3 is 2.92 bits per heavy atom. The first-order chi connectivity index (χ1) is 5.70. The van der Waals surface area contributed by atoms with E-state index in [0.29, 0.717) is 5.92 Å². The van der Waals surface area contributed by atoms with Crippen molar-refractivity contribution in [2.45, 2.75) is 39.5 Å². The molecule has 1 atom stereocenters. The normalized spacial score (nSPS) is 21.1. The van der Waals surface area contributed by atoms with Crippen molar-refractivity contribution >= 4 is 0 Å². The molecule has 0 aromatic carbocycles. The Morgan fingerprint density at radius 1 is 1.42 bits per heavy atom. The molecule has 1 heterocycles. The van der Waals surface area contributed by atoms with Gasteiger partial charge in [0.1, 0.15) is 0 Å². The van der Waals surface area contributed by atoms with E-state index in [4.69, 9.17) is 0 Å². The van der Waals surface area contributed by atoms with E-state index in [1.165, 1.54) is 35.2 Å². The standard InChI is InChI=1S/C11H15N/c1-7-4-5-10-9(3)8(2)6-12-11(7)10/h6-7H,4-5H2,1-3H3. The lowest BCUT2D eigenvalue weighted by molar-refractivity contribution is 0.731. The van der Waals surface area contributed by atoms with Gasteiger partial charge < -0.3 is 0 Å². The van der Waals surface area contributed by atoms with Crippen molar-refractivity contribution in [2.24, 2.45) is 0 Å². The van der Waals surface area contributed by atoms with Crippen LogP contribution < -0.4 is 0 Å². The predicted molar refractivity (Wildman–Crippen MR) is 50.4 cm³/mol. The van der Waals surface area contributed by atoms with Gasteiger partial charge in [0.2, 0.25) is 0 Å². The monoisotopic (exact) mass is 161 g/mol. The fourth-order valence-electron chi connectivity index (χ4n) is 2.01. The Labute approximate surface area is 73.8 Å². The molecule has 0 bridgehead atoms. The number of nitrogens with zero attached hydrogens (tertiary/aromatic N) is 1. The summed E-state index contributed by atoms with van der Waals surface area (Å²) < 4.78 is 0. The lowest BCUT2D eigenvalue weighted by Gasteiger charge is -2.07. The number of hydrogen-bond donors (Lipinski definition) is 0. The topological polar surface area (TPSA) is 12.9 Å². The fourth-order valence-corrected chi connectivity index (χ4v) is 2.01. The Balaban J connectivity index is 2.60. The summed E-state index contributed by atoms with van der Waals surface area (Å²) in [5, 5.41) is 0. The first-order valence-corrected chi connectivity index (χ1v) is 4.65. The SMILES string of the molecule is Cc1cnc2c(c1C)CCC2C. The quantitative estimate of drug-likeness (QED) is 0.570. The molecule has 1 aliphatic carbocycles. The highest BCUT2D eigenvalue weighted by molar-refractivity contribution is 5.39. The Morgan fingerprint density at radius 2 is 2.17 bits per heavy atom. The van der Waals surface area contributed by atoms with Crippen LogP contribution in [-0.2, 0) is 6.42 Å². The van der Waals surface area contributed by atoms with Crippen LogP contribution in [0.15, 0.2) is 6.20 Å². The van der Waals surface area contributed by atoms with Gasteiger partial charge in [-0.2, -0.15) is 0 Å². The second-order valence-corrected chi connectivity index (χ2v) is 3.87. The average molecular weight is 161 g/mol. The Kier molecular flexibility index (Phi) is 1.67. The number of aryl methyl sites for hydroxylation is 1. The lowest BCUT2D eigenvalue weighted by atomic mass is 10.0. The van der Waals surface area contributed by atoms with Crippen LogP contribution in [0.25, 0.3) is 0 Å². The maximum Gasteiger partial charge on any atom is 0.0466 e. The van der Waals surface area contributed by atoms with Crippen LogP contribution in [0.1, 0.15) is 41.6 Å². The summed E-state index contributed by atoms with van der Waals surface area (Å²) in [4.78, 5) is 4.50. The highest BCUT2D eigenvalue weighted by Gasteiger charge is 2.21. The maximum atomic E-state index is 4.50. The number of fused-ring (bicyclic) bond motifs is 1. The molecule has 1 unspecified atom stereocenters. The summed E-state index contributed by atoms with van der Waals surface area (Å²) in [5.41, 5.74) is 5.66. The second-order valence-electron chi connectivity index (χ2n) is 3.87. The molecule has 1 aliphatic rings. The predicted octanol–water partition coefficient (Wildman–Crippen LogP) is 2.75. The number of rotatable bonds is 0. The molecular weight excluding hydrogens is 146 g/mol. The highest BCUT2D eigenvalue weighted by Crippen LogP contribution is 2.33. The molecule has 64 valence electrons. The minimum Gasteiger partial charge on any atom is -0.260 e. The molecule has 0 spiro atoms. The van der Waals surface area contributed by atoms with Crippen molar-refractivity contribution in [2.75, 3.05) is 0 Å². The van der Waals surface area contributed by atoms with Gasteiger partial charge in [0, 0.05) is 11.9 Å². The fraction of sp³-hybridized carbons (Fsp3) is 0.545. The van der Waals surface area contributed by atoms with E-state index in [-0.39, 0.29) is 0 Å². The van der Waals surface area contributed by atoms with E-state index in [1.807, 2.05) is 6.20 Å². The molecule has 0 radical (unpaired) electrons. The van der Waals surface area contributed by atoms with Crippen molar-refractivity contribution in [3.63, 3.8) is 0 Å². The maximum absolute atomic E-state index is 4.50. The summed E-state index contributed by atoms with van der Waals surface area (Å²) in [6.07, 6.45) is 4.53. The van der Waals surface area contributed by atoms with Crippen LogP contribution in [-0.4, -0.2) is 4.98 Å². The third kappa shape index (κ3) is 0.961. The van der Waals surface area contributed by atoms with E-state index in [1.54, 1.807) is 0 Å². The molecular formula is C11H15N. The van der Waals surface area contributed by atoms with Crippen LogP contribution in [0.5, 0.6) is 0 Å². The highest BCUT2D eigenvalue weighted by atomic mass is 14.7. The molecule has 1 nitrogen and oxygen atoms in total. The van der Waals surface area contributed by atoms with Gasteiger partial charge in [-0.15, -0.1) is 0 Å². The number of pyridine rings is 1. The average Bonchev–Trinajstić information content (AvgIpc) is 2.41. The van der Waals surface area contributed by atoms with Gasteiger partial charge >= 0.3 is 0 Å². The van der Waals surface area contributed by atoms with E-state index in [9.17, 15) is 0 Å². The molecule has 2 rings (SSSR count). The first-order valence-electron chi connectivity index (χ1n) is 4.65. The van der Waals surface area contributed by atoms with Crippen molar-refractivity contribution in [3.05, 3.63) is 28.6 Å². The first kappa shape index (κ1) is 7.78. The van der Waals surface area contributed by atoms with Gasteiger partial charge in [-0.25, -0.2) is 0 Å². The van der Waals surface area contributed by atoms with Crippen LogP contribution in [0.2, 0.25) is 0 Å². The molecule has 1 heteroatoms. The van der Waals surface area contributed by atoms with Crippen LogP contribution in [0.4, 0.5) is 0 Å². The molecule has 0 aliphatic heterocycles. The van der Waals surface area contributed by atoms with Crippen LogP contribution >= 0.6 is 0 Å². The lowest BCUT2D eigenvalue weighted by Crippen LogP contribution is -1.96. The van der Waals surface area contributed by atoms with Gasteiger partial charge in [-0.05, 0) is 49.3 Å². The third-order valence-electron chi connectivity index (χ3n) is 3.04. The summed E-state index contributed by atoms with van der Waals surface area (Å²) in [6, 6.07) is 0. The van der Waals surface area contributed by atoms with E-state index in [2.05, 4.69) is 25.8 Å². The zero-order valence-corrected chi connectivity index (χ0v) is 8.02. The molecule has 0 saturated carbocycles. The van der Waals surface area contributed by atoms with E-state index >= 15 is 0 Å². The van der Waals surface area contributed by atoms with Crippen molar-refractivity contribution in [3.8, 4) is 0 Å². The zero-order chi connectivity index (χ0) is 8.72. The molecule has 1 aromatic rings. The van der Waals surface area contributed by atoms with E-state index < -0.39 is 0 Å². The minimum atomic E-state index is 0.680. The molecule has 0 N–H and O–H groups in total. The molecule has 0 saturated heterocycles. The van der Waals surface area contributed by atoms with E-state index in [0.717, 1.165) is 0 Å². The Hall–Kier alpha value is -0.850. The molecule has 0 fully saturated rings. The van der Waals surface area contributed by atoms with Gasteiger partial charge in [-0.1, -0.05) is 6.92 Å². The number of aromatic nitrogens is 1. The summed E-state index contributed by atoms with van der Waals surface area (Å²) in [6.45, 7) is 6.63. The molecule has 0 amide bonds. The number of hydrogen-bond acceptors (Lipinski definition) is 1. The van der Waals surface area contributed by atoms with Crippen molar-refractivity contribution in [1.29, 1.82) is 0 Å². The summed E-state index contributed by atoms with van der Waals surface area (Å²) >= 11 is 0. The minimum absolute atomic E-state index is 0.680. The van der Waals surface area contributed by atoms with Crippen LogP contribution in [0.3, 0.4) is 0 Å². The van der Waals surface area contributed by atoms with Crippen molar-refractivity contribution < 1.29 is 0 Å². The summed E-state index contributed by atoms with van der Waals surface area (Å²) in [7, 11) is 0. The third-order valence-corrected chi connectivity index (χ3v) is 3.04. The summed E-state index contributed by atoms with van der Waals surface area (Å²) in [5.74, 6) is 0.680. The molecule has 1 aromatic heterocycles.